The number of carbonyl (C=O) groups excluding carboxylic acids is 3. The van der Waals surface area contributed by atoms with Gasteiger partial charge in [0.05, 0.1) is 23.6 Å². The molecule has 7 aromatic rings. The number of benzene rings is 5. The van der Waals surface area contributed by atoms with Crippen LogP contribution < -0.4 is 43.3 Å². The molecule has 7 aliphatic rings. The minimum atomic E-state index is -3.16. The number of rotatable bonds is 2. The summed E-state index contributed by atoms with van der Waals surface area (Å²) in [6.45, 7) is 55.1. The smallest absolute Gasteiger partial charge is 0.321 e. The maximum Gasteiger partial charge on any atom is 0.321 e. The molecule has 16 nitrogen and oxygen atoms in total. The van der Waals surface area contributed by atoms with Gasteiger partial charge in [0, 0.05) is 38.1 Å². The summed E-state index contributed by atoms with van der Waals surface area (Å²) in [5.41, 5.74) is 6.97. The van der Waals surface area contributed by atoms with Gasteiger partial charge in [0.25, 0.3) is 5.91 Å². The standard InChI is InChI=1S/C15H17N2O2.C15H16N2O.C11H10N2O2.C10H8F2O.C10H8N2O2.5C5H12/c1-15(2)11-16(14-9-5-6-10-17(14)18)12-7-3-4-8-13(12)19-15;1-15(2)11-17(14-9-5-6-10-16-14)12-7-3-4-8-13(12)18-15;14-11-5-6-12-10-7-15-9-4-2-1-3-8(9)13(10)11;11-10(12)6-8-4-2-1-3-7(8)5-9(10)13;13-10-5-11-9-6-14-8-4-2-1-3-7(8)12(9)10;5*1-5(2,3)4/h3-10,18H,11H2,1-2H3;3-10H,11H2,1-2H3;1-4H,5-7H2;1-4H,5-6H2;1-4H,5-6H2;5*1-4H3/q+1;;;;;;;;;. The van der Waals surface area contributed by atoms with E-state index in [2.05, 4.69) is 183 Å². The number of halogens is 2. The maximum absolute atomic E-state index is 12.9. The number of amides is 2. The first-order valence-corrected chi connectivity index (χ1v) is 35.9. The van der Waals surface area contributed by atoms with Gasteiger partial charge in [0.15, 0.2) is 11.4 Å². The number of alkyl halides is 2. The molecule has 14 rings (SSSR count). The number of aromatic nitrogens is 2. The zero-order chi connectivity index (χ0) is 77.8. The molecule has 2 amide bonds. The number of hydrogen-bond acceptors (Lipinski definition) is 13. The van der Waals surface area contributed by atoms with E-state index in [1.807, 2.05) is 141 Å². The van der Waals surface area contributed by atoms with Crippen molar-refractivity contribution in [2.75, 3.05) is 59.0 Å². The Morgan fingerprint density at radius 3 is 1.30 bits per heavy atom. The lowest BCUT2D eigenvalue weighted by atomic mass is 9.88. The average Bonchev–Trinajstić information content (AvgIpc) is 0.865. The summed E-state index contributed by atoms with van der Waals surface area (Å²) in [5.74, 6) is 2.40. The van der Waals surface area contributed by atoms with E-state index in [9.17, 15) is 28.4 Å². The molecule has 0 atom stereocenters. The molecule has 104 heavy (non-hydrogen) atoms. The van der Waals surface area contributed by atoms with Gasteiger partial charge in [0.1, 0.15) is 78.4 Å². The summed E-state index contributed by atoms with van der Waals surface area (Å²) in [7, 11) is 0. The fraction of sp³-hybridized carbons (Fsp3) is 0.477. The van der Waals surface area contributed by atoms with Crippen LogP contribution in [-0.4, -0.2) is 96.0 Å². The molecule has 0 fully saturated rings. The molecule has 1 N–H and O–H groups in total. The number of ether oxygens (including phenoxy) is 4. The highest BCUT2D eigenvalue weighted by Gasteiger charge is 2.43. The largest absolute Gasteiger partial charge is 0.484 e. The summed E-state index contributed by atoms with van der Waals surface area (Å²) >= 11 is 0. The van der Waals surface area contributed by atoms with Crippen LogP contribution in [0.15, 0.2) is 180 Å². The fourth-order valence-electron chi connectivity index (χ4n) is 9.86. The first kappa shape index (κ1) is 85.5. The first-order valence-electron chi connectivity index (χ1n) is 35.9. The van der Waals surface area contributed by atoms with Crippen molar-refractivity contribution >= 4 is 63.7 Å². The molecule has 0 unspecified atom stereocenters. The van der Waals surface area contributed by atoms with Crippen molar-refractivity contribution in [3.63, 3.8) is 0 Å². The number of ketones is 1. The monoisotopic (exact) mass is 1430 g/mol. The molecule has 0 saturated heterocycles. The highest BCUT2D eigenvalue weighted by molar-refractivity contribution is 6.23. The van der Waals surface area contributed by atoms with Crippen molar-refractivity contribution in [2.24, 2.45) is 37.1 Å². The fourth-order valence-corrected chi connectivity index (χ4v) is 9.86. The number of para-hydroxylation sites is 8. The molecular weight excluding hydrogens is 1310 g/mol. The van der Waals surface area contributed by atoms with Gasteiger partial charge in [-0.2, -0.15) is 8.78 Å². The van der Waals surface area contributed by atoms with Crippen molar-refractivity contribution in [1.29, 1.82) is 0 Å². The highest BCUT2D eigenvalue weighted by atomic mass is 19.3. The Kier molecular flexibility index (Phi) is 30.0. The number of hydrogen-bond donors (Lipinski definition) is 1. The van der Waals surface area contributed by atoms with Gasteiger partial charge in [-0.15, -0.1) is 0 Å². The van der Waals surface area contributed by atoms with Gasteiger partial charge in [-0.05, 0) is 133 Å². The van der Waals surface area contributed by atoms with Crippen molar-refractivity contribution in [2.45, 2.75) is 203 Å². The zero-order valence-electron chi connectivity index (χ0n) is 66.7. The van der Waals surface area contributed by atoms with Gasteiger partial charge >= 0.3 is 11.7 Å². The third-order valence-electron chi connectivity index (χ3n) is 13.4. The Balaban J connectivity index is 0.000000217. The lowest BCUT2D eigenvalue weighted by Gasteiger charge is -2.40. The molecule has 18 heteroatoms. The minimum absolute atomic E-state index is 0.0238. The number of Topliss-reactive ketones (excluding diaryl/α,β-unsaturated/α-hetero) is 1. The van der Waals surface area contributed by atoms with Crippen LogP contribution in [0.4, 0.5) is 43.2 Å². The van der Waals surface area contributed by atoms with E-state index >= 15 is 0 Å². The van der Waals surface area contributed by atoms with Crippen LogP contribution in [0.1, 0.15) is 184 Å². The molecule has 0 saturated carbocycles. The number of pyridine rings is 2. The molecule has 0 bridgehead atoms. The van der Waals surface area contributed by atoms with Gasteiger partial charge in [-0.3, -0.25) is 34.2 Å². The number of carbonyl (C=O) groups is 3. The SMILES string of the molecule is CC(C)(C)C.CC(C)(C)C.CC(C)(C)C.CC(C)(C)C.CC(C)(C)C.CC1(C)CN(c2cccc[n+]2O)c2ccccc2O1.CC1(C)CN(c2ccccn2)c2ccccc2O1.O=C1CCN=C2COc3ccccc3N12.O=C1CN=C2COc3ccccc3N12.O=C1Cc2ccccc2CC1(F)F. The van der Waals surface area contributed by atoms with Gasteiger partial charge < -0.3 is 29.1 Å². The highest BCUT2D eigenvalue weighted by Crippen LogP contribution is 2.42. The van der Waals surface area contributed by atoms with E-state index in [0.29, 0.717) is 71.2 Å². The Labute approximate surface area is 620 Å². The number of amidine groups is 2. The van der Waals surface area contributed by atoms with E-state index in [-0.39, 0.29) is 36.0 Å². The second-order valence-electron chi connectivity index (χ2n) is 35.4. The second kappa shape index (κ2) is 36.5. The first-order chi connectivity index (χ1) is 48.0. The number of anilines is 6. The summed E-state index contributed by atoms with van der Waals surface area (Å²) in [6.07, 6.45) is 3.35. The molecule has 5 aromatic carbocycles. The predicted octanol–water partition coefficient (Wildman–Crippen LogP) is 20.2. The summed E-state index contributed by atoms with van der Waals surface area (Å²) < 4.78 is 49.9. The molecule has 2 aromatic heterocycles. The van der Waals surface area contributed by atoms with E-state index in [1.54, 1.807) is 46.3 Å². The quantitative estimate of drug-likeness (QED) is 0.129. The number of nitrogens with zero attached hydrogens (tertiary/aromatic N) is 8. The van der Waals surface area contributed by atoms with Crippen molar-refractivity contribution in [3.8, 4) is 23.0 Å². The lowest BCUT2D eigenvalue weighted by Crippen LogP contribution is -2.48. The van der Waals surface area contributed by atoms with Crippen LogP contribution in [-0.2, 0) is 27.2 Å². The lowest BCUT2D eigenvalue weighted by molar-refractivity contribution is -0.894. The zero-order valence-corrected chi connectivity index (χ0v) is 66.7. The Morgan fingerprint density at radius 1 is 0.452 bits per heavy atom. The van der Waals surface area contributed by atoms with E-state index in [1.165, 1.54) is 0 Å². The second-order valence-corrected chi connectivity index (χ2v) is 35.4. The van der Waals surface area contributed by atoms with Crippen molar-refractivity contribution in [3.05, 3.63) is 181 Å². The Morgan fingerprint density at radius 2 is 0.837 bits per heavy atom. The summed E-state index contributed by atoms with van der Waals surface area (Å²) in [4.78, 5) is 54.7. The van der Waals surface area contributed by atoms with Crippen LogP contribution in [0.2, 0.25) is 0 Å². The molecule has 0 radical (unpaired) electrons. The van der Waals surface area contributed by atoms with Crippen LogP contribution in [0.25, 0.3) is 0 Å². The summed E-state index contributed by atoms with van der Waals surface area (Å²) in [5, 5.41) is 9.99. The van der Waals surface area contributed by atoms with E-state index in [4.69, 9.17) is 18.9 Å². The van der Waals surface area contributed by atoms with Gasteiger partial charge in [-0.1, -0.05) is 228 Å². The third kappa shape index (κ3) is 30.3. The van der Waals surface area contributed by atoms with E-state index in [0.717, 1.165) is 80.1 Å². The molecule has 6 aliphatic heterocycles. The summed E-state index contributed by atoms with van der Waals surface area (Å²) in [6, 6.07) is 49.4. The van der Waals surface area contributed by atoms with Crippen molar-refractivity contribution in [1.82, 2.24) is 4.98 Å². The Hall–Kier alpha value is -9.19. The Bertz CT molecular complexity index is 3890. The molecular formula is C86H119F2N8O8+. The topological polar surface area (TPSA) is 163 Å². The van der Waals surface area contributed by atoms with Crippen LogP contribution in [0.5, 0.6) is 23.0 Å². The average molecular weight is 1430 g/mol. The van der Waals surface area contributed by atoms with Gasteiger partial charge in [0.2, 0.25) is 11.7 Å². The third-order valence-corrected chi connectivity index (χ3v) is 13.4. The van der Waals surface area contributed by atoms with Gasteiger partial charge in [-0.25, -0.2) is 9.88 Å². The number of aliphatic imine (C=N–C) groups is 2. The molecule has 1 aliphatic carbocycles. The predicted molar refractivity (Wildman–Crippen MR) is 422 cm³/mol. The van der Waals surface area contributed by atoms with Crippen LogP contribution in [0.3, 0.4) is 0 Å². The van der Waals surface area contributed by atoms with Crippen LogP contribution >= 0.6 is 0 Å². The molecule has 8 heterocycles. The van der Waals surface area contributed by atoms with Crippen molar-refractivity contribution < 1.29 is 52.0 Å². The van der Waals surface area contributed by atoms with Crippen LogP contribution in [0, 0.1) is 27.1 Å². The number of fused-ring (bicyclic) bond motifs is 9. The minimum Gasteiger partial charge on any atom is -0.484 e. The maximum atomic E-state index is 12.9. The molecule has 564 valence electrons. The molecule has 0 spiro atoms. The normalized spacial score (nSPS) is 16.5. The van der Waals surface area contributed by atoms with E-state index < -0.39 is 18.1 Å².